The first-order valence-corrected chi connectivity index (χ1v) is 6.61. The first-order chi connectivity index (χ1) is 9.66. The summed E-state index contributed by atoms with van der Waals surface area (Å²) in [6, 6.07) is 12.8. The molecule has 1 aromatic carbocycles. The molecule has 104 valence electrons. The number of nitrogens with one attached hydrogen (secondary N) is 1. The lowest BCUT2D eigenvalue weighted by Crippen LogP contribution is -2.25. The zero-order chi connectivity index (χ0) is 14.4. The van der Waals surface area contributed by atoms with Crippen molar-refractivity contribution in [2.75, 3.05) is 6.54 Å². The van der Waals surface area contributed by atoms with E-state index in [-0.39, 0.29) is 5.91 Å². The summed E-state index contributed by atoms with van der Waals surface area (Å²) in [7, 11) is 0. The first-order valence-electron chi connectivity index (χ1n) is 6.61. The molecule has 2 aromatic rings. The molecule has 0 fully saturated rings. The quantitative estimate of drug-likeness (QED) is 0.850. The topological polar surface area (TPSA) is 42.0 Å². The second kappa shape index (κ2) is 6.80. The van der Waals surface area contributed by atoms with Crippen molar-refractivity contribution >= 4 is 5.91 Å². The molecule has 1 atom stereocenters. The lowest BCUT2D eigenvalue weighted by atomic mass is 9.98. The minimum atomic E-state index is -0.643. The van der Waals surface area contributed by atoms with Crippen LogP contribution in [0, 0.1) is 5.95 Å². The molecular weight excluding hydrogens is 255 g/mol. The van der Waals surface area contributed by atoms with Gasteiger partial charge < -0.3 is 5.32 Å². The summed E-state index contributed by atoms with van der Waals surface area (Å²) in [6.45, 7) is 2.67. The SMILES string of the molecule is CC(CCNC(=O)c1ccnc(F)c1)c1ccccc1. The van der Waals surface area contributed by atoms with E-state index in [0.717, 1.165) is 12.5 Å². The Bertz CT molecular complexity index is 572. The predicted octanol–water partition coefficient (Wildman–Crippen LogP) is 3.14. The maximum absolute atomic E-state index is 12.9. The standard InChI is InChI=1S/C16H17FN2O/c1-12(13-5-3-2-4-6-13)7-9-19-16(20)14-8-10-18-15(17)11-14/h2-6,8,10-12H,7,9H2,1H3,(H,19,20). The molecule has 1 amide bonds. The van der Waals surface area contributed by atoms with Crippen LogP contribution in [0.5, 0.6) is 0 Å². The van der Waals surface area contributed by atoms with Gasteiger partial charge in [0, 0.05) is 24.4 Å². The van der Waals surface area contributed by atoms with Crippen LogP contribution < -0.4 is 5.32 Å². The minimum Gasteiger partial charge on any atom is -0.352 e. The number of nitrogens with zero attached hydrogens (tertiary/aromatic N) is 1. The van der Waals surface area contributed by atoms with Crippen LogP contribution in [0.25, 0.3) is 0 Å². The van der Waals surface area contributed by atoms with Crippen molar-refractivity contribution in [1.82, 2.24) is 10.3 Å². The molecule has 0 aliphatic carbocycles. The summed E-state index contributed by atoms with van der Waals surface area (Å²) in [5, 5.41) is 2.79. The zero-order valence-electron chi connectivity index (χ0n) is 11.3. The fourth-order valence-electron chi connectivity index (χ4n) is 2.00. The van der Waals surface area contributed by atoms with Crippen molar-refractivity contribution in [2.24, 2.45) is 0 Å². The molecule has 0 bridgehead atoms. The van der Waals surface area contributed by atoms with Gasteiger partial charge in [-0.2, -0.15) is 4.39 Å². The molecule has 0 saturated heterocycles. The molecule has 4 heteroatoms. The number of amides is 1. The van der Waals surface area contributed by atoms with E-state index in [0.29, 0.717) is 18.0 Å². The van der Waals surface area contributed by atoms with E-state index in [2.05, 4.69) is 29.4 Å². The predicted molar refractivity (Wildman–Crippen MR) is 76.0 cm³/mol. The minimum absolute atomic E-state index is 0.272. The number of aromatic nitrogens is 1. The molecule has 0 spiro atoms. The van der Waals surface area contributed by atoms with Crippen LogP contribution in [-0.4, -0.2) is 17.4 Å². The van der Waals surface area contributed by atoms with Gasteiger partial charge in [0.2, 0.25) is 5.95 Å². The van der Waals surface area contributed by atoms with Crippen LogP contribution in [0.2, 0.25) is 0 Å². The Morgan fingerprint density at radius 1 is 1.30 bits per heavy atom. The second-order valence-corrected chi connectivity index (χ2v) is 4.72. The van der Waals surface area contributed by atoms with E-state index in [1.807, 2.05) is 18.2 Å². The highest BCUT2D eigenvalue weighted by Gasteiger charge is 2.08. The average molecular weight is 272 g/mol. The molecule has 1 heterocycles. The highest BCUT2D eigenvalue weighted by atomic mass is 19.1. The zero-order valence-corrected chi connectivity index (χ0v) is 11.3. The molecule has 0 aliphatic rings. The monoisotopic (exact) mass is 272 g/mol. The molecule has 3 nitrogen and oxygen atoms in total. The van der Waals surface area contributed by atoms with Crippen LogP contribution in [0.1, 0.15) is 35.2 Å². The van der Waals surface area contributed by atoms with Crippen molar-refractivity contribution in [3.8, 4) is 0 Å². The molecule has 1 aromatic heterocycles. The Morgan fingerprint density at radius 3 is 2.75 bits per heavy atom. The Morgan fingerprint density at radius 2 is 2.05 bits per heavy atom. The molecule has 0 saturated carbocycles. The third kappa shape index (κ3) is 3.88. The molecule has 1 N–H and O–H groups in total. The number of hydrogen-bond acceptors (Lipinski definition) is 2. The number of rotatable bonds is 5. The molecule has 1 unspecified atom stereocenters. The highest BCUT2D eigenvalue weighted by Crippen LogP contribution is 2.17. The summed E-state index contributed by atoms with van der Waals surface area (Å²) in [5.41, 5.74) is 1.54. The van der Waals surface area contributed by atoms with Gasteiger partial charge in [-0.3, -0.25) is 4.79 Å². The van der Waals surface area contributed by atoms with Crippen LogP contribution in [-0.2, 0) is 0 Å². The summed E-state index contributed by atoms with van der Waals surface area (Å²) >= 11 is 0. The molecule has 0 radical (unpaired) electrons. The summed E-state index contributed by atoms with van der Waals surface area (Å²) < 4.78 is 12.9. The van der Waals surface area contributed by atoms with Crippen molar-refractivity contribution in [2.45, 2.75) is 19.3 Å². The summed E-state index contributed by atoms with van der Waals surface area (Å²) in [5.74, 6) is -0.549. The van der Waals surface area contributed by atoms with Crippen molar-refractivity contribution in [3.63, 3.8) is 0 Å². The molecule has 0 aliphatic heterocycles. The lowest BCUT2D eigenvalue weighted by molar-refractivity contribution is 0.0952. The molecule has 2 rings (SSSR count). The Balaban J connectivity index is 1.83. The number of halogens is 1. The van der Waals surface area contributed by atoms with E-state index in [4.69, 9.17) is 0 Å². The third-order valence-corrected chi connectivity index (χ3v) is 3.22. The van der Waals surface area contributed by atoms with Crippen molar-refractivity contribution in [3.05, 3.63) is 65.7 Å². The fourth-order valence-corrected chi connectivity index (χ4v) is 2.00. The lowest BCUT2D eigenvalue weighted by Gasteiger charge is -2.12. The maximum atomic E-state index is 12.9. The Kier molecular flexibility index (Phi) is 4.82. The van der Waals surface area contributed by atoms with E-state index in [1.54, 1.807) is 0 Å². The smallest absolute Gasteiger partial charge is 0.251 e. The van der Waals surface area contributed by atoms with Gasteiger partial charge in [0.15, 0.2) is 0 Å². The maximum Gasteiger partial charge on any atom is 0.251 e. The third-order valence-electron chi connectivity index (χ3n) is 3.22. The van der Waals surface area contributed by atoms with Gasteiger partial charge >= 0.3 is 0 Å². The van der Waals surface area contributed by atoms with E-state index < -0.39 is 5.95 Å². The van der Waals surface area contributed by atoms with Crippen LogP contribution >= 0.6 is 0 Å². The highest BCUT2D eigenvalue weighted by molar-refractivity contribution is 5.93. The van der Waals surface area contributed by atoms with Crippen molar-refractivity contribution in [1.29, 1.82) is 0 Å². The number of carbonyl (C=O) groups excluding carboxylic acids is 1. The van der Waals surface area contributed by atoms with E-state index >= 15 is 0 Å². The number of benzene rings is 1. The van der Waals surface area contributed by atoms with E-state index in [1.165, 1.54) is 17.8 Å². The summed E-state index contributed by atoms with van der Waals surface area (Å²) in [4.78, 5) is 15.2. The van der Waals surface area contributed by atoms with Gasteiger partial charge in [0.05, 0.1) is 0 Å². The summed E-state index contributed by atoms with van der Waals surface area (Å²) in [6.07, 6.45) is 2.13. The largest absolute Gasteiger partial charge is 0.352 e. The number of pyridine rings is 1. The van der Waals surface area contributed by atoms with Gasteiger partial charge in [-0.1, -0.05) is 37.3 Å². The molecular formula is C16H17FN2O. The van der Waals surface area contributed by atoms with Crippen molar-refractivity contribution < 1.29 is 9.18 Å². The van der Waals surface area contributed by atoms with Crippen LogP contribution in [0.15, 0.2) is 48.7 Å². The van der Waals surface area contributed by atoms with Gasteiger partial charge in [0.25, 0.3) is 5.91 Å². The Labute approximate surface area is 117 Å². The second-order valence-electron chi connectivity index (χ2n) is 4.72. The van der Waals surface area contributed by atoms with Crippen LogP contribution in [0.4, 0.5) is 4.39 Å². The van der Waals surface area contributed by atoms with Gasteiger partial charge in [-0.15, -0.1) is 0 Å². The first kappa shape index (κ1) is 14.2. The van der Waals surface area contributed by atoms with Crippen LogP contribution in [0.3, 0.4) is 0 Å². The van der Waals surface area contributed by atoms with E-state index in [9.17, 15) is 9.18 Å². The van der Waals surface area contributed by atoms with Gasteiger partial charge in [0.1, 0.15) is 0 Å². The van der Waals surface area contributed by atoms with Gasteiger partial charge in [-0.25, -0.2) is 4.98 Å². The normalized spacial score (nSPS) is 11.9. The number of carbonyl (C=O) groups is 1. The number of hydrogen-bond donors (Lipinski definition) is 1. The molecule has 20 heavy (non-hydrogen) atoms. The average Bonchev–Trinajstić information content (AvgIpc) is 2.48. The fraction of sp³-hybridized carbons (Fsp3) is 0.250. The Hall–Kier alpha value is -2.23. The van der Waals surface area contributed by atoms with Gasteiger partial charge in [-0.05, 0) is 24.0 Å².